The molecule has 30 heavy (non-hydrogen) atoms. The fourth-order valence-corrected chi connectivity index (χ4v) is 4.55. The number of fused-ring (bicyclic) bond motifs is 1. The van der Waals surface area contributed by atoms with E-state index in [0.29, 0.717) is 27.2 Å². The van der Waals surface area contributed by atoms with Gasteiger partial charge in [0.2, 0.25) is 5.88 Å². The quantitative estimate of drug-likeness (QED) is 0.447. The van der Waals surface area contributed by atoms with Crippen LogP contribution in [-0.2, 0) is 4.79 Å². The highest BCUT2D eigenvalue weighted by molar-refractivity contribution is 8.26. The molecule has 0 aliphatic carbocycles. The molecule has 0 saturated carbocycles. The summed E-state index contributed by atoms with van der Waals surface area (Å²) < 4.78 is 7.96. The summed E-state index contributed by atoms with van der Waals surface area (Å²) in [4.78, 5) is 32.5. The highest BCUT2D eigenvalue weighted by Gasteiger charge is 2.31. The van der Waals surface area contributed by atoms with Crippen LogP contribution in [0.2, 0.25) is 0 Å². The van der Waals surface area contributed by atoms with Crippen LogP contribution in [0.1, 0.15) is 23.6 Å². The number of carbonyl (C=O) groups is 1. The first kappa shape index (κ1) is 20.3. The molecule has 1 aliphatic rings. The predicted octanol–water partition coefficient (Wildman–Crippen LogP) is 4.32. The summed E-state index contributed by atoms with van der Waals surface area (Å²) in [7, 11) is 0. The van der Waals surface area contributed by atoms with Gasteiger partial charge < -0.3 is 4.74 Å². The number of hydrogen-bond donors (Lipinski definition) is 0. The maximum Gasteiger partial charge on any atom is 0.269 e. The molecule has 0 atom stereocenters. The number of thiocarbonyl (C=S) groups is 1. The number of carbonyl (C=O) groups excluding carboxylic acids is 1. The summed E-state index contributed by atoms with van der Waals surface area (Å²) in [5, 5.41) is 0. The average molecular weight is 438 g/mol. The maximum atomic E-state index is 13.3. The Morgan fingerprint density at radius 3 is 2.70 bits per heavy atom. The molecule has 0 bridgehead atoms. The van der Waals surface area contributed by atoms with E-state index in [-0.39, 0.29) is 22.9 Å². The molecule has 6 nitrogen and oxygen atoms in total. The topological polar surface area (TPSA) is 63.9 Å². The molecule has 3 aromatic rings. The van der Waals surface area contributed by atoms with E-state index < -0.39 is 0 Å². The average Bonchev–Trinajstić information content (AvgIpc) is 2.98. The van der Waals surface area contributed by atoms with E-state index in [9.17, 15) is 9.59 Å². The Morgan fingerprint density at radius 2 is 2.00 bits per heavy atom. The van der Waals surface area contributed by atoms with Gasteiger partial charge in [-0.3, -0.25) is 18.9 Å². The van der Waals surface area contributed by atoms with Crippen LogP contribution in [0.3, 0.4) is 0 Å². The van der Waals surface area contributed by atoms with Crippen molar-refractivity contribution in [2.45, 2.75) is 20.8 Å². The van der Waals surface area contributed by atoms with Gasteiger partial charge in [0.15, 0.2) is 0 Å². The number of amides is 1. The second-order valence-corrected chi connectivity index (χ2v) is 8.54. The van der Waals surface area contributed by atoms with Gasteiger partial charge in [-0.25, -0.2) is 0 Å². The molecule has 8 heteroatoms. The lowest BCUT2D eigenvalue weighted by atomic mass is 10.2. The first-order valence-electron chi connectivity index (χ1n) is 9.41. The van der Waals surface area contributed by atoms with Crippen LogP contribution >= 0.6 is 24.0 Å². The van der Waals surface area contributed by atoms with Crippen molar-refractivity contribution in [3.63, 3.8) is 0 Å². The molecule has 1 amide bonds. The molecule has 0 N–H and O–H groups in total. The van der Waals surface area contributed by atoms with Crippen molar-refractivity contribution in [1.82, 2.24) is 14.3 Å². The molecule has 1 aliphatic heterocycles. The Labute approximate surface area is 183 Å². The van der Waals surface area contributed by atoms with Gasteiger partial charge in [0, 0.05) is 12.7 Å². The summed E-state index contributed by atoms with van der Waals surface area (Å²) in [6.45, 7) is 6.17. The van der Waals surface area contributed by atoms with Gasteiger partial charge in [-0.05, 0) is 56.2 Å². The number of ether oxygens (including phenoxy) is 1. The van der Waals surface area contributed by atoms with Crippen molar-refractivity contribution in [3.05, 3.63) is 74.5 Å². The molecular weight excluding hydrogens is 418 g/mol. The highest BCUT2D eigenvalue weighted by atomic mass is 32.2. The number of thioether (sulfide) groups is 1. The monoisotopic (exact) mass is 437 g/mol. The van der Waals surface area contributed by atoms with Crippen molar-refractivity contribution >= 4 is 45.9 Å². The van der Waals surface area contributed by atoms with E-state index in [4.69, 9.17) is 17.0 Å². The van der Waals surface area contributed by atoms with E-state index in [2.05, 4.69) is 4.98 Å². The molecule has 2 aromatic heterocycles. The van der Waals surface area contributed by atoms with E-state index >= 15 is 0 Å². The summed E-state index contributed by atoms with van der Waals surface area (Å²) in [6.07, 6.45) is 3.19. The Kier molecular flexibility index (Phi) is 5.44. The van der Waals surface area contributed by atoms with Crippen molar-refractivity contribution in [3.8, 4) is 11.6 Å². The number of benzene rings is 1. The third-order valence-electron chi connectivity index (χ3n) is 4.72. The zero-order chi connectivity index (χ0) is 21.4. The molecule has 1 saturated heterocycles. The van der Waals surface area contributed by atoms with Crippen LogP contribution in [0, 0.1) is 13.8 Å². The Hall–Kier alpha value is -2.97. The van der Waals surface area contributed by atoms with E-state index in [0.717, 1.165) is 11.1 Å². The van der Waals surface area contributed by atoms with Gasteiger partial charge in [-0.15, -0.1) is 0 Å². The lowest BCUT2D eigenvalue weighted by Gasteiger charge is -2.12. The number of nitrogens with zero attached hydrogens (tertiary/aromatic N) is 3. The molecule has 3 heterocycles. The lowest BCUT2D eigenvalue weighted by molar-refractivity contribution is -0.121. The van der Waals surface area contributed by atoms with Gasteiger partial charge in [-0.2, -0.15) is 4.98 Å². The molecule has 0 unspecified atom stereocenters. The van der Waals surface area contributed by atoms with E-state index in [1.54, 1.807) is 18.3 Å². The van der Waals surface area contributed by atoms with Crippen molar-refractivity contribution in [1.29, 1.82) is 0 Å². The van der Waals surface area contributed by atoms with Crippen LogP contribution in [0.4, 0.5) is 0 Å². The zero-order valence-electron chi connectivity index (χ0n) is 16.7. The van der Waals surface area contributed by atoms with E-state index in [1.165, 1.54) is 27.1 Å². The largest absolute Gasteiger partial charge is 0.438 e. The molecular formula is C22H19N3O3S2. The Balaban J connectivity index is 1.92. The van der Waals surface area contributed by atoms with Gasteiger partial charge >= 0.3 is 0 Å². The normalized spacial score (nSPS) is 15.4. The third-order valence-corrected chi connectivity index (χ3v) is 6.10. The minimum absolute atomic E-state index is 0.154. The van der Waals surface area contributed by atoms with Crippen LogP contribution in [-0.4, -0.2) is 31.1 Å². The lowest BCUT2D eigenvalue weighted by Crippen LogP contribution is -2.27. The van der Waals surface area contributed by atoms with Crippen LogP contribution in [0.25, 0.3) is 11.7 Å². The van der Waals surface area contributed by atoms with Crippen molar-refractivity contribution in [2.24, 2.45) is 0 Å². The van der Waals surface area contributed by atoms with Crippen LogP contribution < -0.4 is 10.3 Å². The molecule has 0 radical (unpaired) electrons. The minimum atomic E-state index is -0.312. The molecule has 152 valence electrons. The summed E-state index contributed by atoms with van der Waals surface area (Å²) in [6, 6.07) is 11.2. The molecule has 4 rings (SSSR count). The number of rotatable bonds is 4. The number of hydrogen-bond acceptors (Lipinski definition) is 6. The number of pyridine rings is 1. The molecule has 1 aromatic carbocycles. The summed E-state index contributed by atoms with van der Waals surface area (Å²) >= 11 is 6.46. The number of aromatic nitrogens is 2. The molecule has 0 spiro atoms. The SMILES string of the molecule is CCN1C(=O)/C(=C\c2c(Oc3cccc(C)c3)nc3c(C)cccn3c2=O)SC1=S. The zero-order valence-corrected chi connectivity index (χ0v) is 18.3. The second-order valence-electron chi connectivity index (χ2n) is 6.87. The van der Waals surface area contributed by atoms with Crippen LogP contribution in [0.15, 0.2) is 52.3 Å². The second kappa shape index (κ2) is 8.04. The Bertz CT molecular complexity index is 1280. The smallest absolute Gasteiger partial charge is 0.269 e. The summed E-state index contributed by atoms with van der Waals surface area (Å²) in [5.74, 6) is 0.500. The number of likely N-dealkylation sites (N-methyl/N-ethyl adjacent to an activating group) is 1. The highest BCUT2D eigenvalue weighted by Crippen LogP contribution is 2.34. The van der Waals surface area contributed by atoms with Crippen LogP contribution in [0.5, 0.6) is 11.6 Å². The first-order chi connectivity index (χ1) is 14.4. The number of aryl methyl sites for hydroxylation is 2. The fraction of sp³-hybridized carbons (Fsp3) is 0.182. The van der Waals surface area contributed by atoms with E-state index in [1.807, 2.05) is 45.0 Å². The molecule has 1 fully saturated rings. The van der Waals surface area contributed by atoms with Crippen molar-refractivity contribution < 1.29 is 9.53 Å². The fourth-order valence-electron chi connectivity index (χ4n) is 3.19. The first-order valence-corrected chi connectivity index (χ1v) is 10.6. The van der Waals surface area contributed by atoms with Crippen molar-refractivity contribution in [2.75, 3.05) is 6.54 Å². The standard InChI is InChI=1S/C22H19N3O3S2/c1-4-24-21(27)17(30-22(24)29)12-16-19(28-15-9-5-7-13(2)11-15)23-18-14(3)8-6-10-25(18)20(16)26/h5-12H,4H2,1-3H3/b17-12+. The van der Waals surface area contributed by atoms with Gasteiger partial charge in [0.05, 0.1) is 4.91 Å². The maximum absolute atomic E-state index is 13.3. The van der Waals surface area contributed by atoms with Gasteiger partial charge in [-0.1, -0.05) is 42.2 Å². The minimum Gasteiger partial charge on any atom is -0.438 e. The Morgan fingerprint density at radius 1 is 1.20 bits per heavy atom. The third kappa shape index (κ3) is 3.64. The van der Waals surface area contributed by atoms with Gasteiger partial charge in [0.25, 0.3) is 11.5 Å². The summed E-state index contributed by atoms with van der Waals surface area (Å²) in [5.41, 5.74) is 2.26. The predicted molar refractivity (Wildman–Crippen MR) is 123 cm³/mol. The van der Waals surface area contributed by atoms with Gasteiger partial charge in [0.1, 0.15) is 21.3 Å².